The molecule has 4 rings (SSSR count). The van der Waals surface area contributed by atoms with E-state index in [4.69, 9.17) is 32.7 Å². The van der Waals surface area contributed by atoms with Crippen LogP contribution in [0.25, 0.3) is 6.08 Å². The van der Waals surface area contributed by atoms with Crippen molar-refractivity contribution in [2.24, 2.45) is 0 Å². The van der Waals surface area contributed by atoms with Crippen LogP contribution >= 0.6 is 35.0 Å². The van der Waals surface area contributed by atoms with Crippen LogP contribution in [0.3, 0.4) is 0 Å². The van der Waals surface area contributed by atoms with Gasteiger partial charge in [0.15, 0.2) is 11.5 Å². The van der Waals surface area contributed by atoms with E-state index in [9.17, 15) is 9.59 Å². The maximum atomic E-state index is 12.9. The lowest BCUT2D eigenvalue weighted by Crippen LogP contribution is -2.27. The SMILES string of the molecule is CCOc1cc(/C=C2\SC(=O)N(Cc3cccc(Cl)c3)C2=O)cc(Cl)c1OCc1ccc(C)cc1. The summed E-state index contributed by atoms with van der Waals surface area (Å²) >= 11 is 13.5. The number of imide groups is 1. The predicted molar refractivity (Wildman–Crippen MR) is 141 cm³/mol. The fourth-order valence-corrected chi connectivity index (χ4v) is 4.84. The van der Waals surface area contributed by atoms with E-state index in [1.165, 1.54) is 10.5 Å². The number of ether oxygens (including phenoxy) is 2. The van der Waals surface area contributed by atoms with Crippen molar-refractivity contribution in [3.63, 3.8) is 0 Å². The number of hydrogen-bond donors (Lipinski definition) is 0. The maximum Gasteiger partial charge on any atom is 0.293 e. The van der Waals surface area contributed by atoms with Gasteiger partial charge in [-0.2, -0.15) is 0 Å². The minimum atomic E-state index is -0.367. The summed E-state index contributed by atoms with van der Waals surface area (Å²) in [5.41, 5.74) is 3.59. The van der Waals surface area contributed by atoms with Crippen LogP contribution in [0, 0.1) is 6.92 Å². The summed E-state index contributed by atoms with van der Waals surface area (Å²) < 4.78 is 11.7. The van der Waals surface area contributed by atoms with Crippen LogP contribution < -0.4 is 9.47 Å². The van der Waals surface area contributed by atoms with Crippen molar-refractivity contribution in [1.29, 1.82) is 0 Å². The Balaban J connectivity index is 1.55. The molecular weight excluding hydrogens is 505 g/mol. The summed E-state index contributed by atoms with van der Waals surface area (Å²) in [6, 6.07) is 18.6. The second-order valence-electron chi connectivity index (χ2n) is 7.94. The van der Waals surface area contributed by atoms with Gasteiger partial charge < -0.3 is 9.47 Å². The molecule has 0 atom stereocenters. The number of nitrogens with zero attached hydrogens (tertiary/aromatic N) is 1. The molecule has 0 spiro atoms. The van der Waals surface area contributed by atoms with E-state index < -0.39 is 0 Å². The van der Waals surface area contributed by atoms with Crippen molar-refractivity contribution in [1.82, 2.24) is 4.90 Å². The molecule has 2 amide bonds. The Bertz CT molecular complexity index is 1290. The molecule has 35 heavy (non-hydrogen) atoms. The average Bonchev–Trinajstić information content (AvgIpc) is 3.07. The summed E-state index contributed by atoms with van der Waals surface area (Å²) in [5.74, 6) is 0.533. The molecule has 0 aromatic heterocycles. The zero-order chi connectivity index (χ0) is 24.9. The third kappa shape index (κ3) is 6.20. The quantitative estimate of drug-likeness (QED) is 0.283. The van der Waals surface area contributed by atoms with Crippen molar-refractivity contribution < 1.29 is 19.1 Å². The van der Waals surface area contributed by atoms with E-state index in [0.717, 1.165) is 22.9 Å². The Labute approximate surface area is 218 Å². The molecule has 1 fully saturated rings. The van der Waals surface area contributed by atoms with Gasteiger partial charge in [-0.25, -0.2) is 0 Å². The molecule has 0 aliphatic carbocycles. The van der Waals surface area contributed by atoms with Crippen LogP contribution in [-0.4, -0.2) is 22.7 Å². The fourth-order valence-electron chi connectivity index (χ4n) is 3.52. The van der Waals surface area contributed by atoms with Crippen molar-refractivity contribution in [3.8, 4) is 11.5 Å². The average molecular weight is 528 g/mol. The van der Waals surface area contributed by atoms with E-state index in [1.807, 2.05) is 44.2 Å². The fraction of sp³-hybridized carbons (Fsp3) is 0.185. The molecule has 180 valence electrons. The summed E-state index contributed by atoms with van der Waals surface area (Å²) in [5, 5.41) is 0.565. The van der Waals surface area contributed by atoms with E-state index in [0.29, 0.717) is 45.2 Å². The summed E-state index contributed by atoms with van der Waals surface area (Å²) in [6.07, 6.45) is 1.64. The van der Waals surface area contributed by atoms with Gasteiger partial charge in [-0.1, -0.05) is 65.2 Å². The van der Waals surface area contributed by atoms with Crippen LogP contribution in [0.15, 0.2) is 65.6 Å². The van der Waals surface area contributed by atoms with Gasteiger partial charge in [0.2, 0.25) is 0 Å². The molecule has 3 aromatic rings. The first-order valence-corrected chi connectivity index (χ1v) is 12.6. The predicted octanol–water partition coefficient (Wildman–Crippen LogP) is 7.52. The van der Waals surface area contributed by atoms with Crippen LogP contribution in [0.5, 0.6) is 11.5 Å². The molecular formula is C27H23Cl2NO4S. The van der Waals surface area contributed by atoms with Gasteiger partial charge in [-0.3, -0.25) is 14.5 Å². The van der Waals surface area contributed by atoms with Crippen LogP contribution in [0.1, 0.15) is 29.2 Å². The van der Waals surface area contributed by atoms with E-state index in [-0.39, 0.29) is 17.7 Å². The highest BCUT2D eigenvalue weighted by atomic mass is 35.5. The van der Waals surface area contributed by atoms with Gasteiger partial charge in [0.05, 0.1) is 23.1 Å². The maximum absolute atomic E-state index is 12.9. The first kappa shape index (κ1) is 25.2. The minimum absolute atomic E-state index is 0.152. The minimum Gasteiger partial charge on any atom is -0.490 e. The molecule has 1 aliphatic rings. The third-order valence-corrected chi connectivity index (χ3v) is 6.66. The number of benzene rings is 3. The Hall–Kier alpha value is -2.93. The molecule has 8 heteroatoms. The number of aryl methyl sites for hydroxylation is 1. The monoisotopic (exact) mass is 527 g/mol. The first-order valence-electron chi connectivity index (χ1n) is 11.0. The summed E-state index contributed by atoms with van der Waals surface area (Å²) in [6.45, 7) is 4.79. The lowest BCUT2D eigenvalue weighted by atomic mass is 10.1. The van der Waals surface area contributed by atoms with Crippen molar-refractivity contribution in [3.05, 3.63) is 97.9 Å². The molecule has 0 bridgehead atoms. The topological polar surface area (TPSA) is 55.8 Å². The second-order valence-corrected chi connectivity index (χ2v) is 9.77. The largest absolute Gasteiger partial charge is 0.490 e. The van der Waals surface area contributed by atoms with Crippen LogP contribution in [0.4, 0.5) is 4.79 Å². The van der Waals surface area contributed by atoms with Crippen LogP contribution in [0.2, 0.25) is 10.0 Å². The zero-order valence-corrected chi connectivity index (χ0v) is 21.5. The lowest BCUT2D eigenvalue weighted by molar-refractivity contribution is -0.123. The molecule has 3 aromatic carbocycles. The van der Waals surface area contributed by atoms with Gasteiger partial charge in [0, 0.05) is 5.02 Å². The highest BCUT2D eigenvalue weighted by Crippen LogP contribution is 2.40. The number of amides is 2. The highest BCUT2D eigenvalue weighted by Gasteiger charge is 2.35. The molecule has 0 radical (unpaired) electrons. The molecule has 0 saturated carbocycles. The second kappa shape index (κ2) is 11.2. The lowest BCUT2D eigenvalue weighted by Gasteiger charge is -2.15. The normalized spacial score (nSPS) is 14.6. The Kier molecular flexibility index (Phi) is 8.06. The van der Waals surface area contributed by atoms with Crippen LogP contribution in [-0.2, 0) is 17.9 Å². The van der Waals surface area contributed by atoms with Crippen molar-refractivity contribution in [2.75, 3.05) is 6.61 Å². The summed E-state index contributed by atoms with van der Waals surface area (Å²) in [4.78, 5) is 27.0. The number of halogens is 2. The number of carbonyl (C=O) groups excluding carboxylic acids is 2. The Morgan fingerprint density at radius 3 is 2.46 bits per heavy atom. The van der Waals surface area contributed by atoms with Crippen molar-refractivity contribution in [2.45, 2.75) is 27.0 Å². The van der Waals surface area contributed by atoms with Gasteiger partial charge in [-0.15, -0.1) is 0 Å². The smallest absolute Gasteiger partial charge is 0.293 e. The summed E-state index contributed by atoms with van der Waals surface area (Å²) in [7, 11) is 0. The van der Waals surface area contributed by atoms with E-state index >= 15 is 0 Å². The molecule has 0 N–H and O–H groups in total. The van der Waals surface area contributed by atoms with Gasteiger partial charge >= 0.3 is 0 Å². The number of carbonyl (C=O) groups is 2. The Morgan fingerprint density at radius 1 is 0.971 bits per heavy atom. The third-order valence-electron chi connectivity index (χ3n) is 5.24. The van der Waals surface area contributed by atoms with Crippen molar-refractivity contribution >= 4 is 52.2 Å². The van der Waals surface area contributed by atoms with E-state index in [1.54, 1.807) is 36.4 Å². The van der Waals surface area contributed by atoms with Gasteiger partial charge in [-0.05, 0) is 72.6 Å². The highest BCUT2D eigenvalue weighted by molar-refractivity contribution is 8.18. The molecule has 1 heterocycles. The molecule has 0 unspecified atom stereocenters. The molecule has 1 aliphatic heterocycles. The first-order chi connectivity index (χ1) is 16.8. The number of hydrogen-bond acceptors (Lipinski definition) is 5. The zero-order valence-electron chi connectivity index (χ0n) is 19.2. The van der Waals surface area contributed by atoms with Gasteiger partial charge in [0.25, 0.3) is 11.1 Å². The van der Waals surface area contributed by atoms with E-state index in [2.05, 4.69) is 0 Å². The number of thioether (sulfide) groups is 1. The molecule has 1 saturated heterocycles. The van der Waals surface area contributed by atoms with Gasteiger partial charge in [0.1, 0.15) is 6.61 Å². The number of rotatable bonds is 8. The Morgan fingerprint density at radius 2 is 1.74 bits per heavy atom. The standard InChI is InChI=1S/C27H23Cl2NO4S/c1-3-33-23-13-20(12-22(29)25(23)34-16-18-9-7-17(2)8-10-18)14-24-26(31)30(27(32)35-24)15-19-5-4-6-21(28)11-19/h4-14H,3,15-16H2,1-2H3/b24-14-. The molecule has 5 nitrogen and oxygen atoms in total.